The molecule has 2 fully saturated rings. The minimum Gasteiger partial charge on any atom is -0.319 e. The van der Waals surface area contributed by atoms with Gasteiger partial charge in [-0.1, -0.05) is 43.5 Å². The molecule has 104 valence electrons. The van der Waals surface area contributed by atoms with Crippen LogP contribution in [0.3, 0.4) is 0 Å². The third-order valence-corrected chi connectivity index (χ3v) is 5.32. The normalized spacial score (nSPS) is 28.1. The fourth-order valence-electron chi connectivity index (χ4n) is 4.06. The van der Waals surface area contributed by atoms with E-state index in [1.54, 1.807) is 11.1 Å². The smallest absolute Gasteiger partial charge is 0.00177 e. The molecule has 0 radical (unpaired) electrons. The lowest BCUT2D eigenvalue weighted by Gasteiger charge is -2.36. The fourth-order valence-corrected chi connectivity index (χ4v) is 4.06. The molecule has 1 aromatic carbocycles. The van der Waals surface area contributed by atoms with Crippen molar-refractivity contribution in [1.82, 2.24) is 5.32 Å². The number of nitrogens with one attached hydrogen (secondary N) is 1. The molecule has 1 N–H and O–H groups in total. The molecule has 0 bridgehead atoms. The molecule has 1 nitrogen and oxygen atoms in total. The van der Waals surface area contributed by atoms with Gasteiger partial charge in [-0.15, -0.1) is 0 Å². The van der Waals surface area contributed by atoms with Crippen molar-refractivity contribution in [3.05, 3.63) is 35.4 Å². The van der Waals surface area contributed by atoms with Gasteiger partial charge in [0.25, 0.3) is 0 Å². The van der Waals surface area contributed by atoms with Crippen molar-refractivity contribution in [3.63, 3.8) is 0 Å². The Morgan fingerprint density at radius 3 is 2.37 bits per heavy atom. The molecule has 2 saturated carbocycles. The van der Waals surface area contributed by atoms with Crippen molar-refractivity contribution < 1.29 is 0 Å². The molecule has 0 aliphatic heterocycles. The first-order valence-corrected chi connectivity index (χ1v) is 8.13. The zero-order chi connectivity index (χ0) is 13.1. The van der Waals surface area contributed by atoms with Crippen molar-refractivity contribution in [1.29, 1.82) is 0 Å². The summed E-state index contributed by atoms with van der Waals surface area (Å²) in [5, 5.41) is 3.41. The molecule has 3 rings (SSSR count). The lowest BCUT2D eigenvalue weighted by atomic mass is 9.70. The highest BCUT2D eigenvalue weighted by molar-refractivity contribution is 5.35. The second-order valence-corrected chi connectivity index (χ2v) is 6.47. The van der Waals surface area contributed by atoms with Gasteiger partial charge in [-0.3, -0.25) is 0 Å². The van der Waals surface area contributed by atoms with Crippen LogP contribution in [0.25, 0.3) is 0 Å². The fraction of sp³-hybridized carbons (Fsp3) is 0.667. The Morgan fingerprint density at radius 1 is 0.947 bits per heavy atom. The molecule has 0 saturated heterocycles. The SMILES string of the molecule is CNCC1CCCCC1c1ccccc1C1CCC1. The van der Waals surface area contributed by atoms with Gasteiger partial charge in [-0.05, 0) is 68.2 Å². The maximum Gasteiger partial charge on any atom is -0.00177 e. The van der Waals surface area contributed by atoms with Gasteiger partial charge in [0.15, 0.2) is 0 Å². The largest absolute Gasteiger partial charge is 0.319 e. The average Bonchev–Trinajstić information content (AvgIpc) is 2.39. The molecule has 19 heavy (non-hydrogen) atoms. The Bertz CT molecular complexity index is 406. The van der Waals surface area contributed by atoms with E-state index >= 15 is 0 Å². The number of benzene rings is 1. The summed E-state index contributed by atoms with van der Waals surface area (Å²) in [5.41, 5.74) is 3.37. The van der Waals surface area contributed by atoms with Crippen LogP contribution in [-0.4, -0.2) is 13.6 Å². The van der Waals surface area contributed by atoms with Gasteiger partial charge < -0.3 is 5.32 Å². The summed E-state index contributed by atoms with van der Waals surface area (Å²) < 4.78 is 0. The average molecular weight is 257 g/mol. The van der Waals surface area contributed by atoms with E-state index in [0.29, 0.717) is 0 Å². The Kier molecular flexibility index (Phi) is 4.22. The van der Waals surface area contributed by atoms with Crippen molar-refractivity contribution in [2.24, 2.45) is 5.92 Å². The van der Waals surface area contributed by atoms with Gasteiger partial charge in [-0.25, -0.2) is 0 Å². The number of rotatable bonds is 4. The van der Waals surface area contributed by atoms with E-state index in [1.807, 2.05) is 0 Å². The van der Waals surface area contributed by atoms with Crippen LogP contribution in [0.15, 0.2) is 24.3 Å². The summed E-state index contributed by atoms with van der Waals surface area (Å²) in [6, 6.07) is 9.33. The van der Waals surface area contributed by atoms with E-state index in [9.17, 15) is 0 Å². The van der Waals surface area contributed by atoms with Gasteiger partial charge in [0.2, 0.25) is 0 Å². The van der Waals surface area contributed by atoms with Gasteiger partial charge in [0, 0.05) is 0 Å². The Hall–Kier alpha value is -0.820. The predicted molar refractivity (Wildman–Crippen MR) is 81.7 cm³/mol. The molecule has 0 amide bonds. The van der Waals surface area contributed by atoms with Crippen LogP contribution in [0.2, 0.25) is 0 Å². The minimum absolute atomic E-state index is 0.804. The van der Waals surface area contributed by atoms with E-state index in [4.69, 9.17) is 0 Å². The molecular formula is C18H27N. The predicted octanol–water partition coefficient (Wildman–Crippen LogP) is 4.45. The highest BCUT2D eigenvalue weighted by Crippen LogP contribution is 2.44. The first kappa shape index (κ1) is 13.2. The molecule has 1 aromatic rings. The van der Waals surface area contributed by atoms with Gasteiger partial charge >= 0.3 is 0 Å². The first-order valence-electron chi connectivity index (χ1n) is 8.13. The summed E-state index contributed by atoms with van der Waals surface area (Å²) in [4.78, 5) is 0. The second kappa shape index (κ2) is 6.09. The van der Waals surface area contributed by atoms with Crippen LogP contribution in [0, 0.1) is 5.92 Å². The van der Waals surface area contributed by atoms with E-state index in [2.05, 4.69) is 36.6 Å². The zero-order valence-electron chi connectivity index (χ0n) is 12.2. The molecule has 1 heteroatoms. The lowest BCUT2D eigenvalue weighted by molar-refractivity contribution is 0.296. The molecule has 2 aliphatic carbocycles. The van der Waals surface area contributed by atoms with E-state index in [0.717, 1.165) is 17.8 Å². The Morgan fingerprint density at radius 2 is 1.68 bits per heavy atom. The summed E-state index contributed by atoms with van der Waals surface area (Å²) in [7, 11) is 2.10. The van der Waals surface area contributed by atoms with Crippen LogP contribution >= 0.6 is 0 Å². The van der Waals surface area contributed by atoms with Crippen LogP contribution in [0.5, 0.6) is 0 Å². The van der Waals surface area contributed by atoms with Crippen molar-refractivity contribution in [3.8, 4) is 0 Å². The van der Waals surface area contributed by atoms with Crippen LogP contribution in [0.1, 0.15) is 67.9 Å². The lowest BCUT2D eigenvalue weighted by Crippen LogP contribution is -2.28. The van der Waals surface area contributed by atoms with Gasteiger partial charge in [0.05, 0.1) is 0 Å². The standard InChI is InChI=1S/C18H27N/c1-19-13-15-7-2-3-11-17(15)18-12-5-4-10-16(18)14-8-6-9-14/h4-5,10,12,14-15,17,19H,2-3,6-9,11,13H2,1H3. The van der Waals surface area contributed by atoms with E-state index in [-0.39, 0.29) is 0 Å². The van der Waals surface area contributed by atoms with Crippen molar-refractivity contribution in [2.45, 2.75) is 56.8 Å². The van der Waals surface area contributed by atoms with Crippen LogP contribution in [-0.2, 0) is 0 Å². The molecule has 2 aliphatic rings. The number of hydrogen-bond donors (Lipinski definition) is 1. The number of hydrogen-bond acceptors (Lipinski definition) is 1. The van der Waals surface area contributed by atoms with Crippen molar-refractivity contribution >= 4 is 0 Å². The maximum absolute atomic E-state index is 3.41. The molecular weight excluding hydrogens is 230 g/mol. The Balaban J connectivity index is 1.86. The summed E-state index contributed by atoms with van der Waals surface area (Å²) in [6.07, 6.45) is 9.92. The highest BCUT2D eigenvalue weighted by Gasteiger charge is 2.30. The summed E-state index contributed by atoms with van der Waals surface area (Å²) in [6.45, 7) is 1.18. The monoisotopic (exact) mass is 257 g/mol. The minimum atomic E-state index is 0.804. The second-order valence-electron chi connectivity index (χ2n) is 6.47. The van der Waals surface area contributed by atoms with Gasteiger partial charge in [-0.2, -0.15) is 0 Å². The molecule has 0 spiro atoms. The van der Waals surface area contributed by atoms with Gasteiger partial charge in [0.1, 0.15) is 0 Å². The first-order chi connectivity index (χ1) is 9.40. The topological polar surface area (TPSA) is 12.0 Å². The highest BCUT2D eigenvalue weighted by atomic mass is 14.8. The molecule has 0 aromatic heterocycles. The summed E-state index contributed by atoms with van der Waals surface area (Å²) >= 11 is 0. The van der Waals surface area contributed by atoms with Crippen molar-refractivity contribution in [2.75, 3.05) is 13.6 Å². The van der Waals surface area contributed by atoms with E-state index in [1.165, 1.54) is 51.5 Å². The third kappa shape index (κ3) is 2.72. The molecule has 2 unspecified atom stereocenters. The molecule has 2 atom stereocenters. The quantitative estimate of drug-likeness (QED) is 0.840. The zero-order valence-corrected chi connectivity index (χ0v) is 12.2. The molecule has 0 heterocycles. The van der Waals surface area contributed by atoms with Crippen LogP contribution in [0.4, 0.5) is 0 Å². The Labute approximate surface area is 117 Å². The maximum atomic E-state index is 3.41. The van der Waals surface area contributed by atoms with Crippen LogP contribution < -0.4 is 5.32 Å². The summed E-state index contributed by atoms with van der Waals surface area (Å²) in [5.74, 6) is 2.52. The third-order valence-electron chi connectivity index (χ3n) is 5.32. The van der Waals surface area contributed by atoms with E-state index < -0.39 is 0 Å².